The molecular formula is C23H25F4N5. The van der Waals surface area contributed by atoms with Crippen LogP contribution in [0.25, 0.3) is 10.8 Å². The van der Waals surface area contributed by atoms with E-state index in [2.05, 4.69) is 20.4 Å². The van der Waals surface area contributed by atoms with Gasteiger partial charge in [-0.25, -0.2) is 4.39 Å². The summed E-state index contributed by atoms with van der Waals surface area (Å²) in [6.07, 6.45) is -4.41. The molecule has 4 rings (SSSR count). The number of fused-ring (bicyclic) bond motifs is 1. The van der Waals surface area contributed by atoms with Crippen LogP contribution in [0.5, 0.6) is 0 Å². The van der Waals surface area contributed by atoms with Crippen LogP contribution in [-0.4, -0.2) is 48.3 Å². The first-order valence-corrected chi connectivity index (χ1v) is 10.4. The summed E-state index contributed by atoms with van der Waals surface area (Å²) in [4.78, 5) is 4.20. The lowest BCUT2D eigenvalue weighted by molar-refractivity contribution is -0.138. The highest BCUT2D eigenvalue weighted by Gasteiger charge is 2.32. The van der Waals surface area contributed by atoms with E-state index in [0.29, 0.717) is 46.6 Å². The van der Waals surface area contributed by atoms with E-state index >= 15 is 0 Å². The second-order valence-electron chi connectivity index (χ2n) is 8.21. The second kappa shape index (κ2) is 8.54. The van der Waals surface area contributed by atoms with Crippen LogP contribution in [0.15, 0.2) is 30.3 Å². The standard InChI is InChI=1S/C23H25F4N5/c1-14-16(5-4-6-19(14)23(25,26)27)13-28-22-18-12-21(32-9-7-31(3)8-10-32)20(24)11-17(18)15(2)29-30-22/h4-6,11-12H,7-10,13H2,1-3H3,(H,28,30). The summed E-state index contributed by atoms with van der Waals surface area (Å²) in [7, 11) is 2.03. The topological polar surface area (TPSA) is 44.3 Å². The van der Waals surface area contributed by atoms with E-state index in [-0.39, 0.29) is 17.9 Å². The lowest BCUT2D eigenvalue weighted by Gasteiger charge is -2.34. The number of anilines is 2. The molecule has 0 radical (unpaired) electrons. The molecule has 1 N–H and O–H groups in total. The van der Waals surface area contributed by atoms with Gasteiger partial charge in [0.25, 0.3) is 0 Å². The van der Waals surface area contributed by atoms with Gasteiger partial charge in [-0.1, -0.05) is 12.1 Å². The van der Waals surface area contributed by atoms with Crippen molar-refractivity contribution in [2.75, 3.05) is 43.4 Å². The van der Waals surface area contributed by atoms with Gasteiger partial charge in [-0.15, -0.1) is 5.10 Å². The van der Waals surface area contributed by atoms with Gasteiger partial charge >= 0.3 is 6.18 Å². The third-order valence-electron chi connectivity index (χ3n) is 6.07. The first-order chi connectivity index (χ1) is 15.1. The molecule has 0 aliphatic carbocycles. The summed E-state index contributed by atoms with van der Waals surface area (Å²) < 4.78 is 54.7. The molecular weight excluding hydrogens is 422 g/mol. The molecule has 1 aliphatic heterocycles. The number of piperazine rings is 1. The SMILES string of the molecule is Cc1c(CNc2nnc(C)c3cc(F)c(N4CCN(C)CC4)cc23)cccc1C(F)(F)F. The van der Waals surface area contributed by atoms with Gasteiger partial charge in [0.2, 0.25) is 0 Å². The summed E-state index contributed by atoms with van der Waals surface area (Å²) in [6.45, 7) is 6.45. The molecule has 1 aromatic heterocycles. The van der Waals surface area contributed by atoms with E-state index < -0.39 is 11.7 Å². The lowest BCUT2D eigenvalue weighted by atomic mass is 10.0. The second-order valence-corrected chi connectivity index (χ2v) is 8.21. The van der Waals surface area contributed by atoms with Crippen LogP contribution in [0, 0.1) is 19.7 Å². The van der Waals surface area contributed by atoms with Gasteiger partial charge in [-0.05, 0) is 50.2 Å². The Hall–Kier alpha value is -2.94. The van der Waals surface area contributed by atoms with E-state index in [1.807, 2.05) is 11.9 Å². The molecule has 0 atom stereocenters. The first-order valence-electron chi connectivity index (χ1n) is 10.4. The van der Waals surface area contributed by atoms with E-state index in [4.69, 9.17) is 0 Å². The first kappa shape index (κ1) is 22.3. The average molecular weight is 447 g/mol. The van der Waals surface area contributed by atoms with Gasteiger partial charge in [0.1, 0.15) is 5.82 Å². The van der Waals surface area contributed by atoms with Gasteiger partial charge in [-0.3, -0.25) is 0 Å². The highest BCUT2D eigenvalue weighted by Crippen LogP contribution is 2.34. The predicted octanol–water partition coefficient (Wildman–Crippen LogP) is 4.77. The van der Waals surface area contributed by atoms with Crippen molar-refractivity contribution in [3.8, 4) is 0 Å². The molecule has 32 heavy (non-hydrogen) atoms. The smallest absolute Gasteiger partial charge is 0.367 e. The third-order valence-corrected chi connectivity index (χ3v) is 6.07. The maximum absolute atomic E-state index is 14.9. The van der Waals surface area contributed by atoms with Crippen LogP contribution in [-0.2, 0) is 12.7 Å². The number of aromatic nitrogens is 2. The highest BCUT2D eigenvalue weighted by molar-refractivity contribution is 5.95. The maximum Gasteiger partial charge on any atom is 0.416 e. The van der Waals surface area contributed by atoms with Crippen LogP contribution < -0.4 is 10.2 Å². The molecule has 0 amide bonds. The number of likely N-dealkylation sites (N-methyl/N-ethyl adjacent to an activating group) is 1. The van der Waals surface area contributed by atoms with Crippen molar-refractivity contribution in [2.24, 2.45) is 0 Å². The fourth-order valence-corrected chi connectivity index (χ4v) is 4.07. The van der Waals surface area contributed by atoms with Gasteiger partial charge < -0.3 is 15.1 Å². The molecule has 0 unspecified atom stereocenters. The summed E-state index contributed by atoms with van der Waals surface area (Å²) in [5.74, 6) is 0.0932. The molecule has 0 spiro atoms. The Balaban J connectivity index is 1.68. The fourth-order valence-electron chi connectivity index (χ4n) is 4.07. The molecule has 1 saturated heterocycles. The zero-order valence-corrected chi connectivity index (χ0v) is 18.2. The molecule has 0 saturated carbocycles. The van der Waals surface area contributed by atoms with Crippen molar-refractivity contribution in [3.63, 3.8) is 0 Å². The average Bonchev–Trinajstić information content (AvgIpc) is 2.74. The number of nitrogens with one attached hydrogen (secondary N) is 1. The monoisotopic (exact) mass is 447 g/mol. The van der Waals surface area contributed by atoms with Crippen molar-refractivity contribution in [1.29, 1.82) is 0 Å². The van der Waals surface area contributed by atoms with E-state index in [0.717, 1.165) is 19.2 Å². The molecule has 170 valence electrons. The Morgan fingerprint density at radius 1 is 1.00 bits per heavy atom. The number of hydrogen-bond acceptors (Lipinski definition) is 5. The maximum atomic E-state index is 14.9. The van der Waals surface area contributed by atoms with Crippen molar-refractivity contribution < 1.29 is 17.6 Å². The zero-order valence-electron chi connectivity index (χ0n) is 18.2. The van der Waals surface area contributed by atoms with Crippen molar-refractivity contribution in [1.82, 2.24) is 15.1 Å². The summed E-state index contributed by atoms with van der Waals surface area (Å²) in [5.41, 5.74) is 1.11. The fraction of sp³-hybridized carbons (Fsp3) is 0.391. The van der Waals surface area contributed by atoms with E-state index in [1.54, 1.807) is 19.1 Å². The Bertz CT molecular complexity index is 1140. The minimum atomic E-state index is -4.41. The summed E-state index contributed by atoms with van der Waals surface area (Å²) >= 11 is 0. The van der Waals surface area contributed by atoms with Gasteiger partial charge in [0, 0.05) is 43.5 Å². The van der Waals surface area contributed by atoms with Crippen LogP contribution >= 0.6 is 0 Å². The Morgan fingerprint density at radius 3 is 2.41 bits per heavy atom. The molecule has 5 nitrogen and oxygen atoms in total. The molecule has 3 aromatic rings. The van der Waals surface area contributed by atoms with E-state index in [1.165, 1.54) is 19.1 Å². The van der Waals surface area contributed by atoms with Crippen molar-refractivity contribution in [3.05, 3.63) is 58.5 Å². The number of benzene rings is 2. The number of rotatable bonds is 4. The van der Waals surface area contributed by atoms with Crippen LogP contribution in [0.2, 0.25) is 0 Å². The van der Waals surface area contributed by atoms with E-state index in [9.17, 15) is 17.6 Å². The van der Waals surface area contributed by atoms with Crippen LogP contribution in [0.4, 0.5) is 29.1 Å². The predicted molar refractivity (Wildman–Crippen MR) is 117 cm³/mol. The Morgan fingerprint density at radius 2 is 1.72 bits per heavy atom. The zero-order chi connectivity index (χ0) is 23.0. The minimum absolute atomic E-state index is 0.143. The molecule has 9 heteroatoms. The lowest BCUT2D eigenvalue weighted by Crippen LogP contribution is -2.44. The molecule has 2 aromatic carbocycles. The van der Waals surface area contributed by atoms with Gasteiger partial charge in [0.05, 0.1) is 16.9 Å². The number of aryl methyl sites for hydroxylation is 1. The normalized spacial score (nSPS) is 15.4. The quantitative estimate of drug-likeness (QED) is 0.584. The number of hydrogen-bond donors (Lipinski definition) is 1. The number of nitrogens with zero attached hydrogens (tertiary/aromatic N) is 4. The number of alkyl halides is 3. The van der Waals surface area contributed by atoms with Gasteiger partial charge in [-0.2, -0.15) is 18.3 Å². The molecule has 0 bridgehead atoms. The summed E-state index contributed by atoms with van der Waals surface area (Å²) in [5, 5.41) is 12.8. The Labute approximate surface area is 184 Å². The van der Waals surface area contributed by atoms with Gasteiger partial charge in [0.15, 0.2) is 5.82 Å². The summed E-state index contributed by atoms with van der Waals surface area (Å²) in [6, 6.07) is 7.35. The largest absolute Gasteiger partial charge is 0.416 e. The third kappa shape index (κ3) is 4.34. The Kier molecular flexibility index (Phi) is 5.94. The van der Waals surface area contributed by atoms with Crippen molar-refractivity contribution >= 4 is 22.3 Å². The minimum Gasteiger partial charge on any atom is -0.367 e. The molecule has 1 fully saturated rings. The highest BCUT2D eigenvalue weighted by atomic mass is 19.4. The van der Waals surface area contributed by atoms with Crippen LogP contribution in [0.1, 0.15) is 22.4 Å². The molecule has 1 aliphatic rings. The molecule has 2 heterocycles. The van der Waals surface area contributed by atoms with Crippen LogP contribution in [0.3, 0.4) is 0 Å². The van der Waals surface area contributed by atoms with Crippen molar-refractivity contribution in [2.45, 2.75) is 26.6 Å². The number of halogens is 4.